The van der Waals surface area contributed by atoms with Gasteiger partial charge in [0.05, 0.1) is 26.9 Å². The largest absolute Gasteiger partial charge is 0.496 e. The van der Waals surface area contributed by atoms with E-state index in [0.717, 1.165) is 0 Å². The van der Waals surface area contributed by atoms with E-state index in [1.54, 1.807) is 32.4 Å². The molecule has 0 bridgehead atoms. The molecule has 0 aliphatic heterocycles. The molecule has 1 aromatic rings. The molecule has 23 heavy (non-hydrogen) atoms. The second-order valence-corrected chi connectivity index (χ2v) is 6.39. The fourth-order valence-electron chi connectivity index (χ4n) is 1.84. The van der Waals surface area contributed by atoms with Gasteiger partial charge in [0.25, 0.3) is 0 Å². The molecule has 0 aromatic heterocycles. The number of carbonyl (C=O) groups is 1. The van der Waals surface area contributed by atoms with Gasteiger partial charge < -0.3 is 25.3 Å². The number of methoxy groups -OCH3 is 2. The molecule has 6 nitrogen and oxygen atoms in total. The number of rotatable bonds is 8. The van der Waals surface area contributed by atoms with Crippen molar-refractivity contribution in [3.05, 3.63) is 18.2 Å². The highest BCUT2D eigenvalue weighted by atomic mass is 16.5. The molecule has 0 heterocycles. The van der Waals surface area contributed by atoms with Crippen LogP contribution in [0.2, 0.25) is 0 Å². The maximum Gasteiger partial charge on any atom is 0.237 e. The highest BCUT2D eigenvalue weighted by molar-refractivity contribution is 5.82. The van der Waals surface area contributed by atoms with Crippen molar-refractivity contribution >= 4 is 5.91 Å². The van der Waals surface area contributed by atoms with Crippen LogP contribution in [0, 0.1) is 5.41 Å². The van der Waals surface area contributed by atoms with Crippen LogP contribution in [0.25, 0.3) is 0 Å². The number of nitrogens with two attached hydrogens (primary N) is 1. The first-order valence-corrected chi connectivity index (χ1v) is 7.67. The third kappa shape index (κ3) is 6.36. The first-order valence-electron chi connectivity index (χ1n) is 7.67. The first-order chi connectivity index (χ1) is 10.8. The zero-order valence-corrected chi connectivity index (χ0v) is 14.6. The van der Waals surface area contributed by atoms with E-state index in [9.17, 15) is 4.79 Å². The minimum absolute atomic E-state index is 0.138. The number of benzene rings is 1. The molecule has 1 aromatic carbocycles. The van der Waals surface area contributed by atoms with E-state index in [2.05, 4.69) is 5.32 Å². The topological polar surface area (TPSA) is 82.8 Å². The van der Waals surface area contributed by atoms with Crippen LogP contribution in [-0.2, 0) is 4.79 Å². The SMILES string of the molecule is COc1cc(OC)cc(OCCCNC(=O)[C@@H](N)C(C)(C)C)c1. The molecule has 130 valence electrons. The molecule has 0 saturated heterocycles. The van der Waals surface area contributed by atoms with Gasteiger partial charge >= 0.3 is 0 Å². The Morgan fingerprint density at radius 3 is 2.13 bits per heavy atom. The Morgan fingerprint density at radius 2 is 1.65 bits per heavy atom. The number of amides is 1. The lowest BCUT2D eigenvalue weighted by Crippen LogP contribution is -2.48. The van der Waals surface area contributed by atoms with E-state index >= 15 is 0 Å². The Kier molecular flexibility index (Phi) is 7.16. The van der Waals surface area contributed by atoms with Crippen molar-refractivity contribution in [1.29, 1.82) is 0 Å². The maximum absolute atomic E-state index is 11.9. The molecule has 0 radical (unpaired) electrons. The highest BCUT2D eigenvalue weighted by Crippen LogP contribution is 2.27. The lowest BCUT2D eigenvalue weighted by Gasteiger charge is -2.25. The van der Waals surface area contributed by atoms with Gasteiger partial charge in [-0.3, -0.25) is 4.79 Å². The van der Waals surface area contributed by atoms with Gasteiger partial charge in [0, 0.05) is 24.7 Å². The van der Waals surface area contributed by atoms with Crippen molar-refractivity contribution in [3.63, 3.8) is 0 Å². The molecule has 0 aliphatic carbocycles. The van der Waals surface area contributed by atoms with E-state index in [4.69, 9.17) is 19.9 Å². The van der Waals surface area contributed by atoms with Crippen LogP contribution in [0.5, 0.6) is 17.2 Å². The summed E-state index contributed by atoms with van der Waals surface area (Å²) < 4.78 is 16.0. The summed E-state index contributed by atoms with van der Waals surface area (Å²) in [7, 11) is 3.18. The van der Waals surface area contributed by atoms with Gasteiger partial charge in [-0.05, 0) is 11.8 Å². The fraction of sp³-hybridized carbons (Fsp3) is 0.588. The van der Waals surface area contributed by atoms with Gasteiger partial charge in [-0.15, -0.1) is 0 Å². The summed E-state index contributed by atoms with van der Waals surface area (Å²) in [6, 6.07) is 4.83. The molecule has 6 heteroatoms. The Bertz CT molecular complexity index is 490. The van der Waals surface area contributed by atoms with Crippen LogP contribution in [0.3, 0.4) is 0 Å². The molecule has 3 N–H and O–H groups in total. The highest BCUT2D eigenvalue weighted by Gasteiger charge is 2.26. The van der Waals surface area contributed by atoms with Crippen LogP contribution >= 0.6 is 0 Å². The van der Waals surface area contributed by atoms with Gasteiger partial charge in [-0.2, -0.15) is 0 Å². The second-order valence-electron chi connectivity index (χ2n) is 6.39. The molecule has 1 amide bonds. The number of ether oxygens (including phenoxy) is 3. The maximum atomic E-state index is 11.9. The summed E-state index contributed by atoms with van der Waals surface area (Å²) in [5.41, 5.74) is 5.64. The Balaban J connectivity index is 2.37. The zero-order chi connectivity index (χ0) is 17.5. The van der Waals surface area contributed by atoms with Gasteiger partial charge in [-0.1, -0.05) is 20.8 Å². The standard InChI is InChI=1S/C17H28N2O4/c1-17(2,3)15(18)16(20)19-7-6-8-23-14-10-12(21-4)9-13(11-14)22-5/h9-11,15H,6-8,18H2,1-5H3,(H,19,20)/t15-/m1/s1. The molecule has 0 saturated carbocycles. The average Bonchev–Trinajstić information content (AvgIpc) is 2.52. The molecule has 0 aliphatic rings. The molecule has 0 spiro atoms. The van der Waals surface area contributed by atoms with Crippen LogP contribution in [0.15, 0.2) is 18.2 Å². The number of nitrogens with one attached hydrogen (secondary N) is 1. The van der Waals surface area contributed by atoms with Crippen LogP contribution < -0.4 is 25.3 Å². The van der Waals surface area contributed by atoms with Crippen molar-refractivity contribution < 1.29 is 19.0 Å². The van der Waals surface area contributed by atoms with Gasteiger partial charge in [0.2, 0.25) is 5.91 Å². The van der Waals surface area contributed by atoms with Crippen LogP contribution in [0.1, 0.15) is 27.2 Å². The van der Waals surface area contributed by atoms with Gasteiger partial charge in [-0.25, -0.2) is 0 Å². The minimum atomic E-state index is -0.522. The lowest BCUT2D eigenvalue weighted by molar-refractivity contribution is -0.124. The van der Waals surface area contributed by atoms with Crippen LogP contribution in [-0.4, -0.2) is 39.3 Å². The molecular formula is C17H28N2O4. The zero-order valence-electron chi connectivity index (χ0n) is 14.6. The van der Waals surface area contributed by atoms with Crippen molar-refractivity contribution in [2.75, 3.05) is 27.4 Å². The molecule has 0 unspecified atom stereocenters. The summed E-state index contributed by atoms with van der Waals surface area (Å²) in [6.45, 7) is 6.81. The van der Waals surface area contributed by atoms with Gasteiger partial charge in [0.15, 0.2) is 0 Å². The van der Waals surface area contributed by atoms with E-state index in [1.165, 1.54) is 0 Å². The number of hydrogen-bond donors (Lipinski definition) is 2. The van der Waals surface area contributed by atoms with Crippen LogP contribution in [0.4, 0.5) is 0 Å². The summed E-state index contributed by atoms with van der Waals surface area (Å²) in [6.07, 6.45) is 0.683. The summed E-state index contributed by atoms with van der Waals surface area (Å²) in [4.78, 5) is 11.9. The van der Waals surface area contributed by atoms with Crippen molar-refractivity contribution in [2.45, 2.75) is 33.2 Å². The third-order valence-corrected chi connectivity index (χ3v) is 3.43. The quantitative estimate of drug-likeness (QED) is 0.714. The second kappa shape index (κ2) is 8.62. The predicted octanol–water partition coefficient (Wildman–Crippen LogP) is 1.96. The molecule has 0 fully saturated rings. The summed E-state index contributed by atoms with van der Waals surface area (Å²) in [5.74, 6) is 1.87. The smallest absolute Gasteiger partial charge is 0.237 e. The first kappa shape index (κ1) is 19.1. The van der Waals surface area contributed by atoms with E-state index in [1.807, 2.05) is 20.8 Å². The molecule has 1 atom stereocenters. The van der Waals surface area contributed by atoms with E-state index < -0.39 is 6.04 Å². The lowest BCUT2D eigenvalue weighted by atomic mass is 9.87. The van der Waals surface area contributed by atoms with Crippen molar-refractivity contribution in [2.24, 2.45) is 11.1 Å². The van der Waals surface area contributed by atoms with Crippen molar-refractivity contribution in [3.8, 4) is 17.2 Å². The third-order valence-electron chi connectivity index (χ3n) is 3.43. The number of hydrogen-bond acceptors (Lipinski definition) is 5. The summed E-state index contributed by atoms with van der Waals surface area (Å²) >= 11 is 0. The predicted molar refractivity (Wildman–Crippen MR) is 90.1 cm³/mol. The van der Waals surface area contributed by atoms with Crippen molar-refractivity contribution in [1.82, 2.24) is 5.32 Å². The van der Waals surface area contributed by atoms with E-state index in [-0.39, 0.29) is 11.3 Å². The molecular weight excluding hydrogens is 296 g/mol. The normalized spacial score (nSPS) is 12.4. The fourth-order valence-corrected chi connectivity index (χ4v) is 1.84. The summed E-state index contributed by atoms with van der Waals surface area (Å²) in [5, 5.41) is 2.83. The Morgan fingerprint density at radius 1 is 1.13 bits per heavy atom. The molecule has 1 rings (SSSR count). The average molecular weight is 324 g/mol. The monoisotopic (exact) mass is 324 g/mol. The minimum Gasteiger partial charge on any atom is -0.496 e. The Hall–Kier alpha value is -1.95. The van der Waals surface area contributed by atoms with Gasteiger partial charge in [0.1, 0.15) is 17.2 Å². The van der Waals surface area contributed by atoms with E-state index in [0.29, 0.717) is 36.8 Å². The Labute approximate surface area is 138 Å². The number of carbonyl (C=O) groups excluding carboxylic acids is 1.